The predicted molar refractivity (Wildman–Crippen MR) is 99.8 cm³/mol. The second kappa shape index (κ2) is 7.44. The van der Waals surface area contributed by atoms with Gasteiger partial charge in [0, 0.05) is 32.4 Å². The number of sulfonamides is 1. The van der Waals surface area contributed by atoms with E-state index in [1.54, 1.807) is 4.31 Å². The van der Waals surface area contributed by atoms with Gasteiger partial charge < -0.3 is 4.90 Å². The van der Waals surface area contributed by atoms with Crippen molar-refractivity contribution in [1.29, 1.82) is 0 Å². The Balaban J connectivity index is 1.78. The van der Waals surface area contributed by atoms with Crippen molar-refractivity contribution in [3.05, 3.63) is 29.8 Å². The number of rotatable bonds is 5. The van der Waals surface area contributed by atoms with E-state index in [1.165, 1.54) is 19.3 Å². The zero-order valence-electron chi connectivity index (χ0n) is 14.9. The second-order valence-corrected chi connectivity index (χ2v) is 9.51. The molecular formula is C19H30N2O2S. The molecule has 0 aromatic heterocycles. The third-order valence-electron chi connectivity index (χ3n) is 5.50. The van der Waals surface area contributed by atoms with Crippen LogP contribution in [0.1, 0.15) is 56.6 Å². The summed E-state index contributed by atoms with van der Waals surface area (Å²) in [6.45, 7) is 0.673. The van der Waals surface area contributed by atoms with Crippen LogP contribution in [-0.4, -0.2) is 39.1 Å². The molecule has 24 heavy (non-hydrogen) atoms. The Morgan fingerprint density at radius 2 is 1.83 bits per heavy atom. The van der Waals surface area contributed by atoms with Crippen LogP contribution in [0.15, 0.2) is 24.3 Å². The van der Waals surface area contributed by atoms with Gasteiger partial charge in [-0.3, -0.25) is 0 Å². The first-order chi connectivity index (χ1) is 11.5. The molecule has 5 heteroatoms. The van der Waals surface area contributed by atoms with E-state index in [-0.39, 0.29) is 6.04 Å². The van der Waals surface area contributed by atoms with Crippen LogP contribution in [0.3, 0.4) is 0 Å². The molecular weight excluding hydrogens is 320 g/mol. The van der Waals surface area contributed by atoms with Crippen LogP contribution < -0.4 is 4.90 Å². The van der Waals surface area contributed by atoms with Crippen LogP contribution in [0.2, 0.25) is 0 Å². The highest BCUT2D eigenvalue weighted by molar-refractivity contribution is 7.89. The molecule has 1 aromatic carbocycles. The van der Waals surface area contributed by atoms with Crippen LogP contribution in [0, 0.1) is 5.92 Å². The van der Waals surface area contributed by atoms with Crippen molar-refractivity contribution < 1.29 is 8.42 Å². The second-order valence-electron chi connectivity index (χ2n) is 7.54. The van der Waals surface area contributed by atoms with E-state index >= 15 is 0 Å². The molecule has 3 rings (SSSR count). The maximum Gasteiger partial charge on any atom is 0.214 e. The molecule has 0 N–H and O–H groups in total. The molecule has 1 aliphatic heterocycles. The van der Waals surface area contributed by atoms with E-state index in [0.717, 1.165) is 36.9 Å². The van der Waals surface area contributed by atoms with Gasteiger partial charge in [0.05, 0.1) is 5.75 Å². The molecule has 1 atom stereocenters. The van der Waals surface area contributed by atoms with Gasteiger partial charge in [-0.05, 0) is 49.3 Å². The standard InChI is InChI=1S/C19H30N2O2S/c1-20(2)18-11-6-10-17(14-18)19-12-7-13-21(19)24(22,23)15-16-8-4-3-5-9-16/h6,10-11,14,16,19H,3-5,7-9,12-13,15H2,1-2H3/t19-/m1/s1. The molecule has 0 amide bonds. The fourth-order valence-corrected chi connectivity index (χ4v) is 6.31. The summed E-state index contributed by atoms with van der Waals surface area (Å²) in [5.41, 5.74) is 2.26. The average Bonchev–Trinajstić information content (AvgIpc) is 3.06. The summed E-state index contributed by atoms with van der Waals surface area (Å²) in [5.74, 6) is 0.703. The summed E-state index contributed by atoms with van der Waals surface area (Å²) in [6, 6.07) is 8.33. The van der Waals surface area contributed by atoms with Crippen molar-refractivity contribution >= 4 is 15.7 Å². The largest absolute Gasteiger partial charge is 0.378 e. The predicted octanol–water partition coefficient (Wildman–Crippen LogP) is 3.80. The lowest BCUT2D eigenvalue weighted by Gasteiger charge is -2.28. The summed E-state index contributed by atoms with van der Waals surface area (Å²) in [4.78, 5) is 2.07. The monoisotopic (exact) mass is 350 g/mol. The smallest absolute Gasteiger partial charge is 0.214 e. The Morgan fingerprint density at radius 3 is 2.54 bits per heavy atom. The highest BCUT2D eigenvalue weighted by atomic mass is 32.2. The summed E-state index contributed by atoms with van der Waals surface area (Å²) in [7, 11) is 0.868. The summed E-state index contributed by atoms with van der Waals surface area (Å²) >= 11 is 0. The molecule has 4 nitrogen and oxygen atoms in total. The lowest BCUT2D eigenvalue weighted by Crippen LogP contribution is -2.35. The Labute approximate surface area is 146 Å². The first-order valence-corrected chi connectivity index (χ1v) is 10.8. The molecule has 0 radical (unpaired) electrons. The highest BCUT2D eigenvalue weighted by Gasteiger charge is 2.36. The van der Waals surface area contributed by atoms with Gasteiger partial charge in [0.1, 0.15) is 0 Å². The number of benzene rings is 1. The van der Waals surface area contributed by atoms with Crippen LogP contribution in [0.4, 0.5) is 5.69 Å². The molecule has 1 heterocycles. The van der Waals surface area contributed by atoms with Crippen molar-refractivity contribution in [2.24, 2.45) is 5.92 Å². The summed E-state index contributed by atoms with van der Waals surface area (Å²) < 4.78 is 27.8. The number of anilines is 1. The number of hydrogen-bond acceptors (Lipinski definition) is 3. The zero-order valence-corrected chi connectivity index (χ0v) is 15.8. The Kier molecular flexibility index (Phi) is 5.50. The van der Waals surface area contributed by atoms with Crippen molar-refractivity contribution in [2.75, 3.05) is 31.3 Å². The van der Waals surface area contributed by atoms with E-state index < -0.39 is 10.0 Å². The molecule has 0 spiro atoms. The number of hydrogen-bond donors (Lipinski definition) is 0. The maximum atomic E-state index is 13.0. The molecule has 134 valence electrons. The van der Waals surface area contributed by atoms with Gasteiger partial charge in [-0.15, -0.1) is 0 Å². The Hall–Kier alpha value is -1.07. The maximum absolute atomic E-state index is 13.0. The first-order valence-electron chi connectivity index (χ1n) is 9.24. The van der Waals surface area contributed by atoms with E-state index in [2.05, 4.69) is 23.1 Å². The SMILES string of the molecule is CN(C)c1cccc([C@H]2CCCN2S(=O)(=O)CC2CCCCC2)c1. The molecule has 2 fully saturated rings. The van der Waals surface area contributed by atoms with Crippen molar-refractivity contribution in [3.8, 4) is 0 Å². The lowest BCUT2D eigenvalue weighted by molar-refractivity contribution is 0.359. The van der Waals surface area contributed by atoms with Gasteiger partial charge >= 0.3 is 0 Å². The highest BCUT2D eigenvalue weighted by Crippen LogP contribution is 2.37. The molecule has 0 unspecified atom stereocenters. The first kappa shape index (κ1) is 17.7. The van der Waals surface area contributed by atoms with Gasteiger partial charge in [0.15, 0.2) is 0 Å². The molecule has 2 aliphatic rings. The third-order valence-corrected chi connectivity index (χ3v) is 7.55. The van der Waals surface area contributed by atoms with E-state index in [9.17, 15) is 8.42 Å². The Morgan fingerprint density at radius 1 is 1.08 bits per heavy atom. The molecule has 0 bridgehead atoms. The molecule has 1 saturated carbocycles. The minimum atomic E-state index is -3.17. The van der Waals surface area contributed by atoms with Crippen LogP contribution in [0.5, 0.6) is 0 Å². The van der Waals surface area contributed by atoms with Gasteiger partial charge in [-0.25, -0.2) is 8.42 Å². The van der Waals surface area contributed by atoms with E-state index in [0.29, 0.717) is 18.2 Å². The fourth-order valence-electron chi connectivity index (χ4n) is 4.16. The molecule has 1 aliphatic carbocycles. The summed E-state index contributed by atoms with van der Waals surface area (Å²) in [5, 5.41) is 0. The third kappa shape index (κ3) is 3.94. The van der Waals surface area contributed by atoms with Crippen molar-refractivity contribution in [2.45, 2.75) is 51.0 Å². The quantitative estimate of drug-likeness (QED) is 0.811. The van der Waals surface area contributed by atoms with E-state index in [1.807, 2.05) is 20.2 Å². The van der Waals surface area contributed by atoms with Crippen molar-refractivity contribution in [3.63, 3.8) is 0 Å². The van der Waals surface area contributed by atoms with Gasteiger partial charge in [0.25, 0.3) is 0 Å². The van der Waals surface area contributed by atoms with Crippen LogP contribution in [0.25, 0.3) is 0 Å². The van der Waals surface area contributed by atoms with Crippen LogP contribution >= 0.6 is 0 Å². The zero-order chi connectivity index (χ0) is 17.2. The topological polar surface area (TPSA) is 40.6 Å². The average molecular weight is 351 g/mol. The van der Waals surface area contributed by atoms with E-state index in [4.69, 9.17) is 0 Å². The van der Waals surface area contributed by atoms with Crippen molar-refractivity contribution in [1.82, 2.24) is 4.31 Å². The molecule has 1 aromatic rings. The minimum absolute atomic E-state index is 0.0125. The summed E-state index contributed by atoms with van der Waals surface area (Å²) in [6.07, 6.45) is 7.69. The molecule has 1 saturated heterocycles. The Bertz CT molecular complexity index is 651. The minimum Gasteiger partial charge on any atom is -0.378 e. The van der Waals surface area contributed by atoms with Gasteiger partial charge in [-0.1, -0.05) is 31.4 Å². The van der Waals surface area contributed by atoms with Gasteiger partial charge in [-0.2, -0.15) is 4.31 Å². The van der Waals surface area contributed by atoms with Gasteiger partial charge in [0.2, 0.25) is 10.0 Å². The lowest BCUT2D eigenvalue weighted by atomic mass is 9.91. The van der Waals surface area contributed by atoms with Crippen LogP contribution in [-0.2, 0) is 10.0 Å². The fraction of sp³-hybridized carbons (Fsp3) is 0.684. The number of nitrogens with zero attached hydrogens (tertiary/aromatic N) is 2. The normalized spacial score (nSPS) is 23.5.